The summed E-state index contributed by atoms with van der Waals surface area (Å²) in [6.45, 7) is 6.81. The second kappa shape index (κ2) is 10.3. The van der Waals surface area contributed by atoms with Crippen LogP contribution in [0.4, 0.5) is 0 Å². The molecular formula is C15H23ClN2O3. The van der Waals surface area contributed by atoms with Crippen LogP contribution in [0.15, 0.2) is 29.3 Å². The number of ether oxygens (including phenoxy) is 2. The van der Waals surface area contributed by atoms with Gasteiger partial charge in [0.2, 0.25) is 0 Å². The minimum atomic E-state index is -0.375. The van der Waals surface area contributed by atoms with Crippen LogP contribution in [0.25, 0.3) is 0 Å². The summed E-state index contributed by atoms with van der Waals surface area (Å²) in [5.74, 6) is 0.435. The molecule has 0 aliphatic carbocycles. The number of carbonyl (C=O) groups is 1. The van der Waals surface area contributed by atoms with Crippen molar-refractivity contribution in [2.45, 2.75) is 27.1 Å². The highest BCUT2D eigenvalue weighted by molar-refractivity contribution is 5.99. The monoisotopic (exact) mass is 314 g/mol. The van der Waals surface area contributed by atoms with Gasteiger partial charge in [-0.2, -0.15) is 0 Å². The quantitative estimate of drug-likeness (QED) is 0.346. The number of ketones is 1. The molecule has 118 valence electrons. The summed E-state index contributed by atoms with van der Waals surface area (Å²) in [5.41, 5.74) is 7.35. The van der Waals surface area contributed by atoms with Crippen molar-refractivity contribution in [2.75, 3.05) is 19.8 Å². The smallest absolute Gasteiger partial charge is 0.176 e. The number of nitrogens with two attached hydrogens (primary N) is 1. The van der Waals surface area contributed by atoms with E-state index < -0.39 is 0 Å². The molecule has 0 radical (unpaired) electrons. The second-order valence-electron chi connectivity index (χ2n) is 4.20. The lowest BCUT2D eigenvalue weighted by Gasteiger charge is -2.14. The third-order valence-electron chi connectivity index (χ3n) is 2.70. The van der Waals surface area contributed by atoms with Gasteiger partial charge < -0.3 is 15.2 Å². The van der Waals surface area contributed by atoms with Crippen LogP contribution < -0.4 is 5.73 Å². The summed E-state index contributed by atoms with van der Waals surface area (Å²) in [4.78, 5) is 15.5. The first kappa shape index (κ1) is 19.6. The Bertz CT molecular complexity index is 454. The van der Waals surface area contributed by atoms with Crippen molar-refractivity contribution in [2.24, 2.45) is 10.7 Å². The molecule has 2 N–H and O–H groups in total. The molecule has 5 nitrogen and oxygen atoms in total. The van der Waals surface area contributed by atoms with E-state index >= 15 is 0 Å². The Balaban J connectivity index is 0.00000400. The van der Waals surface area contributed by atoms with Gasteiger partial charge in [-0.05, 0) is 20.8 Å². The van der Waals surface area contributed by atoms with E-state index in [2.05, 4.69) is 4.99 Å². The van der Waals surface area contributed by atoms with Crippen molar-refractivity contribution in [1.29, 1.82) is 0 Å². The number of Topliss-reactive ketones (excluding diaryl/α,β-unsaturated/α-hetero) is 1. The van der Waals surface area contributed by atoms with Gasteiger partial charge in [-0.3, -0.25) is 9.79 Å². The molecule has 0 aliphatic heterocycles. The van der Waals surface area contributed by atoms with Gasteiger partial charge in [0.25, 0.3) is 0 Å². The highest BCUT2D eigenvalue weighted by Gasteiger charge is 2.07. The van der Waals surface area contributed by atoms with E-state index in [9.17, 15) is 4.79 Å². The highest BCUT2D eigenvalue weighted by Crippen LogP contribution is 2.05. The zero-order chi connectivity index (χ0) is 15.0. The predicted molar refractivity (Wildman–Crippen MR) is 86.3 cm³/mol. The summed E-state index contributed by atoms with van der Waals surface area (Å²) < 4.78 is 10.8. The first-order valence-electron chi connectivity index (χ1n) is 6.73. The number of halogens is 1. The van der Waals surface area contributed by atoms with E-state index in [1.165, 1.54) is 6.92 Å². The molecule has 21 heavy (non-hydrogen) atoms. The van der Waals surface area contributed by atoms with Gasteiger partial charge in [0.1, 0.15) is 5.84 Å². The van der Waals surface area contributed by atoms with Gasteiger partial charge in [-0.15, -0.1) is 12.4 Å². The topological polar surface area (TPSA) is 73.9 Å². The van der Waals surface area contributed by atoms with Crippen LogP contribution in [0, 0.1) is 0 Å². The zero-order valence-corrected chi connectivity index (χ0v) is 13.5. The van der Waals surface area contributed by atoms with Crippen LogP contribution in [0.1, 0.15) is 36.7 Å². The summed E-state index contributed by atoms with van der Waals surface area (Å²) in [6, 6.07) is 7.04. The normalized spacial score (nSPS) is 11.3. The minimum Gasteiger partial charge on any atom is -0.384 e. The predicted octanol–water partition coefficient (Wildman–Crippen LogP) is 2.42. The van der Waals surface area contributed by atoms with Crippen molar-refractivity contribution in [3.8, 4) is 0 Å². The molecule has 0 saturated heterocycles. The minimum absolute atomic E-state index is 0. The van der Waals surface area contributed by atoms with Crippen molar-refractivity contribution in [3.63, 3.8) is 0 Å². The van der Waals surface area contributed by atoms with Crippen LogP contribution in [-0.2, 0) is 9.47 Å². The van der Waals surface area contributed by atoms with Crippen molar-refractivity contribution >= 4 is 24.0 Å². The molecule has 1 aromatic rings. The third-order valence-corrected chi connectivity index (χ3v) is 2.70. The molecule has 0 fully saturated rings. The number of benzene rings is 1. The molecule has 0 atom stereocenters. The molecule has 0 aromatic heterocycles. The first-order valence-corrected chi connectivity index (χ1v) is 6.73. The lowest BCUT2D eigenvalue weighted by Crippen LogP contribution is -2.23. The third kappa shape index (κ3) is 6.71. The van der Waals surface area contributed by atoms with Gasteiger partial charge in [-0.25, -0.2) is 0 Å². The van der Waals surface area contributed by atoms with Crippen molar-refractivity contribution in [3.05, 3.63) is 35.4 Å². The zero-order valence-electron chi connectivity index (χ0n) is 12.7. The molecule has 6 heteroatoms. The van der Waals surface area contributed by atoms with Gasteiger partial charge >= 0.3 is 0 Å². The molecule has 0 heterocycles. The standard InChI is InChI=1S/C15H22N2O3.ClH/c1-4-19-14(20-5-2)10-17-15(16)13-8-6-12(7-9-13)11(3)18;/h6-9,14H,4-5,10H2,1-3H3,(H2,16,17);1H. The number of rotatable bonds is 8. The first-order chi connectivity index (χ1) is 9.58. The Morgan fingerprint density at radius 1 is 1.14 bits per heavy atom. The Hall–Kier alpha value is -1.43. The fraction of sp³-hybridized carbons (Fsp3) is 0.467. The fourth-order valence-corrected chi connectivity index (χ4v) is 1.67. The average molecular weight is 315 g/mol. The fourth-order valence-electron chi connectivity index (χ4n) is 1.67. The molecule has 0 saturated carbocycles. The SMILES string of the molecule is CCOC(CN=C(N)c1ccc(C(C)=O)cc1)OCC.Cl. The number of hydrogen-bond acceptors (Lipinski definition) is 4. The van der Waals surface area contributed by atoms with Crippen LogP contribution in [0.3, 0.4) is 0 Å². The summed E-state index contributed by atoms with van der Waals surface area (Å²) in [5, 5.41) is 0. The second-order valence-corrected chi connectivity index (χ2v) is 4.20. The van der Waals surface area contributed by atoms with Crippen LogP contribution in [0.5, 0.6) is 0 Å². The molecule has 0 bridgehead atoms. The average Bonchev–Trinajstić information content (AvgIpc) is 2.45. The Morgan fingerprint density at radius 2 is 1.62 bits per heavy atom. The molecule has 1 aromatic carbocycles. The lowest BCUT2D eigenvalue weighted by atomic mass is 10.1. The van der Waals surface area contributed by atoms with Crippen molar-refractivity contribution < 1.29 is 14.3 Å². The van der Waals surface area contributed by atoms with E-state index in [1.807, 2.05) is 13.8 Å². The van der Waals surface area contributed by atoms with Crippen molar-refractivity contribution in [1.82, 2.24) is 0 Å². The lowest BCUT2D eigenvalue weighted by molar-refractivity contribution is -0.128. The van der Waals surface area contributed by atoms with E-state index in [4.69, 9.17) is 15.2 Å². The number of carbonyl (C=O) groups excluding carboxylic acids is 1. The Labute approximate surface area is 131 Å². The van der Waals surface area contributed by atoms with Gasteiger partial charge in [0, 0.05) is 24.3 Å². The van der Waals surface area contributed by atoms with Crippen LogP contribution >= 0.6 is 12.4 Å². The van der Waals surface area contributed by atoms with Gasteiger partial charge in [0.15, 0.2) is 12.1 Å². The summed E-state index contributed by atoms with van der Waals surface area (Å²) in [6.07, 6.45) is -0.375. The highest BCUT2D eigenvalue weighted by atomic mass is 35.5. The van der Waals surface area contributed by atoms with Crippen LogP contribution in [0.2, 0.25) is 0 Å². The Morgan fingerprint density at radius 3 is 2.05 bits per heavy atom. The number of amidine groups is 1. The van der Waals surface area contributed by atoms with E-state index in [0.29, 0.717) is 31.2 Å². The van der Waals surface area contributed by atoms with Gasteiger partial charge in [0.05, 0.1) is 6.54 Å². The Kier molecular flexibility index (Phi) is 9.62. The number of hydrogen-bond donors (Lipinski definition) is 1. The molecule has 0 amide bonds. The summed E-state index contributed by atoms with van der Waals surface area (Å²) >= 11 is 0. The van der Waals surface area contributed by atoms with E-state index in [1.54, 1.807) is 24.3 Å². The molecule has 1 rings (SSSR count). The van der Waals surface area contributed by atoms with E-state index in [-0.39, 0.29) is 24.5 Å². The maximum atomic E-state index is 11.2. The van der Waals surface area contributed by atoms with Crippen LogP contribution in [-0.4, -0.2) is 37.7 Å². The number of aliphatic imine (C=N–C) groups is 1. The molecular weight excluding hydrogens is 292 g/mol. The maximum Gasteiger partial charge on any atom is 0.176 e. The van der Waals surface area contributed by atoms with E-state index in [0.717, 1.165) is 5.56 Å². The molecule has 0 unspecified atom stereocenters. The van der Waals surface area contributed by atoms with Gasteiger partial charge in [-0.1, -0.05) is 24.3 Å². The summed E-state index contributed by atoms with van der Waals surface area (Å²) in [7, 11) is 0. The molecule has 0 spiro atoms. The number of nitrogens with zero attached hydrogens (tertiary/aromatic N) is 1. The largest absolute Gasteiger partial charge is 0.384 e. The molecule has 0 aliphatic rings. The maximum absolute atomic E-state index is 11.2.